The Morgan fingerprint density at radius 2 is 2.00 bits per heavy atom. The zero-order valence-corrected chi connectivity index (χ0v) is 13.0. The van der Waals surface area contributed by atoms with Gasteiger partial charge in [0.1, 0.15) is 4.90 Å². The van der Waals surface area contributed by atoms with E-state index in [0.29, 0.717) is 10.6 Å². The van der Waals surface area contributed by atoms with Crippen molar-refractivity contribution < 1.29 is 13.2 Å². The zero-order chi connectivity index (χ0) is 14.9. The lowest BCUT2D eigenvalue weighted by Gasteiger charge is -2.22. The summed E-state index contributed by atoms with van der Waals surface area (Å²) in [5.74, 6) is 0. The molecule has 1 saturated carbocycles. The third-order valence-corrected chi connectivity index (χ3v) is 5.56. The van der Waals surface area contributed by atoms with Gasteiger partial charge in [-0.15, -0.1) is 0 Å². The first-order valence-electron chi connectivity index (χ1n) is 7.56. The lowest BCUT2D eigenvalue weighted by molar-refractivity contribution is 0.0996. The second-order valence-electron chi connectivity index (χ2n) is 5.88. The molecule has 2 unspecified atom stereocenters. The summed E-state index contributed by atoms with van der Waals surface area (Å²) in [7, 11) is -3.45. The van der Waals surface area contributed by atoms with Gasteiger partial charge in [-0.05, 0) is 44.7 Å². The highest BCUT2D eigenvalue weighted by molar-refractivity contribution is 7.89. The van der Waals surface area contributed by atoms with Crippen LogP contribution in [0, 0.1) is 0 Å². The van der Waals surface area contributed by atoms with Crippen molar-refractivity contribution in [1.82, 2.24) is 4.72 Å². The van der Waals surface area contributed by atoms with Crippen molar-refractivity contribution in [2.45, 2.75) is 55.7 Å². The van der Waals surface area contributed by atoms with Crippen molar-refractivity contribution in [3.8, 4) is 0 Å². The van der Waals surface area contributed by atoms with E-state index in [1.54, 1.807) is 12.1 Å². The highest BCUT2D eigenvalue weighted by atomic mass is 32.2. The molecule has 1 heterocycles. The minimum absolute atomic E-state index is 0.0878. The summed E-state index contributed by atoms with van der Waals surface area (Å²) >= 11 is 0. The lowest BCUT2D eigenvalue weighted by Crippen LogP contribution is -2.32. The summed E-state index contributed by atoms with van der Waals surface area (Å²) in [5, 5.41) is 3.31. The van der Waals surface area contributed by atoms with Crippen LogP contribution in [0.2, 0.25) is 0 Å². The van der Waals surface area contributed by atoms with Gasteiger partial charge in [0.05, 0.1) is 11.8 Å². The highest BCUT2D eigenvalue weighted by Gasteiger charge is 2.30. The fraction of sp³-hybridized carbons (Fsp3) is 0.600. The predicted molar refractivity (Wildman–Crippen MR) is 81.8 cm³/mol. The average molecular weight is 310 g/mol. The molecule has 0 amide bonds. The van der Waals surface area contributed by atoms with E-state index in [2.05, 4.69) is 10.0 Å². The highest BCUT2D eigenvalue weighted by Crippen LogP contribution is 2.27. The standard InChI is InChI=1S/C15H22N2O3S/c1-11(14-6-4-10-20-14)16-13-5-2-3-7-15(13)21(18,19)17-12-8-9-12/h2-3,5,7,11-12,14,16-17H,4,6,8-10H2,1H3. The van der Waals surface area contributed by atoms with Gasteiger partial charge >= 0.3 is 0 Å². The average Bonchev–Trinajstić information content (AvgIpc) is 3.08. The first kappa shape index (κ1) is 14.8. The monoisotopic (exact) mass is 310 g/mol. The molecular weight excluding hydrogens is 288 g/mol. The van der Waals surface area contributed by atoms with E-state index in [9.17, 15) is 8.42 Å². The zero-order valence-electron chi connectivity index (χ0n) is 12.2. The van der Waals surface area contributed by atoms with Crippen LogP contribution in [0.4, 0.5) is 5.69 Å². The number of benzene rings is 1. The van der Waals surface area contributed by atoms with Gasteiger partial charge in [-0.25, -0.2) is 13.1 Å². The summed E-state index contributed by atoms with van der Waals surface area (Å²) < 4.78 is 33.2. The van der Waals surface area contributed by atoms with E-state index in [-0.39, 0.29) is 18.2 Å². The lowest BCUT2D eigenvalue weighted by atomic mass is 10.1. The van der Waals surface area contributed by atoms with Gasteiger partial charge < -0.3 is 10.1 Å². The van der Waals surface area contributed by atoms with Gasteiger partial charge in [0, 0.05) is 18.7 Å². The Kier molecular flexibility index (Phi) is 4.19. The van der Waals surface area contributed by atoms with Crippen molar-refractivity contribution in [3.05, 3.63) is 24.3 Å². The Morgan fingerprint density at radius 3 is 2.67 bits per heavy atom. The van der Waals surface area contributed by atoms with Crippen molar-refractivity contribution in [1.29, 1.82) is 0 Å². The van der Waals surface area contributed by atoms with Crippen molar-refractivity contribution in [3.63, 3.8) is 0 Å². The van der Waals surface area contributed by atoms with Gasteiger partial charge in [-0.1, -0.05) is 12.1 Å². The van der Waals surface area contributed by atoms with Crippen LogP contribution >= 0.6 is 0 Å². The molecule has 6 heteroatoms. The summed E-state index contributed by atoms with van der Waals surface area (Å²) in [4.78, 5) is 0.321. The largest absolute Gasteiger partial charge is 0.379 e. The quantitative estimate of drug-likeness (QED) is 0.844. The number of hydrogen-bond donors (Lipinski definition) is 2. The van der Waals surface area contributed by atoms with Gasteiger partial charge in [-0.3, -0.25) is 0 Å². The van der Waals surface area contributed by atoms with Crippen LogP contribution in [0.5, 0.6) is 0 Å². The maximum absolute atomic E-state index is 12.4. The van der Waals surface area contributed by atoms with E-state index in [1.807, 2.05) is 19.1 Å². The molecule has 0 aromatic heterocycles. The van der Waals surface area contributed by atoms with Crippen LogP contribution in [0.15, 0.2) is 29.2 Å². The third kappa shape index (κ3) is 3.56. The number of para-hydroxylation sites is 1. The number of hydrogen-bond acceptors (Lipinski definition) is 4. The Morgan fingerprint density at radius 1 is 1.24 bits per heavy atom. The van der Waals surface area contributed by atoms with E-state index >= 15 is 0 Å². The Bertz CT molecular complexity index is 593. The van der Waals surface area contributed by atoms with Crippen molar-refractivity contribution in [2.24, 2.45) is 0 Å². The first-order valence-corrected chi connectivity index (χ1v) is 9.04. The van der Waals surface area contributed by atoms with E-state index in [0.717, 1.165) is 32.3 Å². The van der Waals surface area contributed by atoms with Crippen LogP contribution in [-0.2, 0) is 14.8 Å². The maximum Gasteiger partial charge on any atom is 0.242 e. The molecule has 3 rings (SSSR count). The molecule has 2 fully saturated rings. The number of ether oxygens (including phenoxy) is 1. The normalized spacial score (nSPS) is 24.0. The number of rotatable bonds is 6. The van der Waals surface area contributed by atoms with Gasteiger partial charge in [0.25, 0.3) is 0 Å². The van der Waals surface area contributed by atoms with Crippen LogP contribution in [0.25, 0.3) is 0 Å². The van der Waals surface area contributed by atoms with E-state index in [4.69, 9.17) is 4.74 Å². The molecule has 0 spiro atoms. The minimum Gasteiger partial charge on any atom is -0.379 e. The fourth-order valence-electron chi connectivity index (χ4n) is 2.64. The number of nitrogens with one attached hydrogen (secondary N) is 2. The summed E-state index contributed by atoms with van der Waals surface area (Å²) in [6.45, 7) is 2.83. The summed E-state index contributed by atoms with van der Waals surface area (Å²) in [6.07, 6.45) is 4.10. The van der Waals surface area contributed by atoms with Gasteiger partial charge in [0.2, 0.25) is 10.0 Å². The number of anilines is 1. The topological polar surface area (TPSA) is 67.4 Å². The van der Waals surface area contributed by atoms with E-state index < -0.39 is 10.0 Å². The third-order valence-electron chi connectivity index (χ3n) is 3.98. The Balaban J connectivity index is 1.78. The first-order chi connectivity index (χ1) is 10.1. The maximum atomic E-state index is 12.4. The van der Waals surface area contributed by atoms with Crippen LogP contribution in [0.1, 0.15) is 32.6 Å². The van der Waals surface area contributed by atoms with Crippen molar-refractivity contribution >= 4 is 15.7 Å². The second-order valence-corrected chi connectivity index (χ2v) is 7.56. The molecule has 1 aliphatic carbocycles. The van der Waals surface area contributed by atoms with Gasteiger partial charge in [0.15, 0.2) is 0 Å². The molecule has 0 bridgehead atoms. The van der Waals surface area contributed by atoms with Crippen LogP contribution in [0.3, 0.4) is 0 Å². The summed E-state index contributed by atoms with van der Waals surface area (Å²) in [6, 6.07) is 7.26. The molecule has 1 aromatic rings. The summed E-state index contributed by atoms with van der Waals surface area (Å²) in [5.41, 5.74) is 0.647. The number of sulfonamides is 1. The van der Waals surface area contributed by atoms with Gasteiger partial charge in [-0.2, -0.15) is 0 Å². The smallest absolute Gasteiger partial charge is 0.242 e. The van der Waals surface area contributed by atoms with Crippen LogP contribution < -0.4 is 10.0 Å². The molecular formula is C15H22N2O3S. The van der Waals surface area contributed by atoms with E-state index in [1.165, 1.54) is 0 Å². The molecule has 2 aliphatic rings. The molecule has 2 atom stereocenters. The van der Waals surface area contributed by atoms with Crippen molar-refractivity contribution in [2.75, 3.05) is 11.9 Å². The fourth-order valence-corrected chi connectivity index (χ4v) is 4.12. The molecule has 5 nitrogen and oxygen atoms in total. The minimum atomic E-state index is -3.45. The predicted octanol–water partition coefficient (Wildman–Crippen LogP) is 2.11. The molecule has 1 aromatic carbocycles. The molecule has 0 radical (unpaired) electrons. The molecule has 116 valence electrons. The Hall–Kier alpha value is -1.11. The molecule has 21 heavy (non-hydrogen) atoms. The molecule has 1 aliphatic heterocycles. The Labute approximate surface area is 126 Å². The SMILES string of the molecule is CC(Nc1ccccc1S(=O)(=O)NC1CC1)C1CCCO1. The van der Waals surface area contributed by atoms with Crippen LogP contribution in [-0.4, -0.2) is 33.2 Å². The molecule has 1 saturated heterocycles. The molecule has 2 N–H and O–H groups in total. The second kappa shape index (κ2) is 5.94.